The summed E-state index contributed by atoms with van der Waals surface area (Å²) in [6, 6.07) is 5.90. The molecular formula is C27H35NO7. The number of carbonyl (C=O) groups is 1. The van der Waals surface area contributed by atoms with Gasteiger partial charge in [-0.3, -0.25) is 4.79 Å². The first-order valence-corrected chi connectivity index (χ1v) is 13.0. The van der Waals surface area contributed by atoms with Gasteiger partial charge in [-0.25, -0.2) is 0 Å². The summed E-state index contributed by atoms with van der Waals surface area (Å²) in [6.45, 7) is 1.15. The molecule has 7 rings (SSSR count). The highest BCUT2D eigenvalue weighted by Gasteiger charge is 2.52. The number of rotatable bonds is 9. The van der Waals surface area contributed by atoms with Gasteiger partial charge in [-0.2, -0.15) is 0 Å². The fourth-order valence-electron chi connectivity index (χ4n) is 7.27. The Balaban J connectivity index is 1.18. The van der Waals surface area contributed by atoms with Crippen molar-refractivity contribution in [3.63, 3.8) is 0 Å². The van der Waals surface area contributed by atoms with Gasteiger partial charge in [0.05, 0.1) is 26.4 Å². The number of amides is 1. The zero-order valence-electron chi connectivity index (χ0n) is 20.1. The van der Waals surface area contributed by atoms with Crippen molar-refractivity contribution in [2.75, 3.05) is 33.2 Å². The van der Waals surface area contributed by atoms with Gasteiger partial charge in [-0.1, -0.05) is 6.07 Å². The molecule has 2 atom stereocenters. The number of hydrogen-bond acceptors (Lipinski definition) is 7. The highest BCUT2D eigenvalue weighted by atomic mass is 16.7. The third kappa shape index (κ3) is 4.88. The van der Waals surface area contributed by atoms with Crippen molar-refractivity contribution in [3.8, 4) is 11.5 Å². The summed E-state index contributed by atoms with van der Waals surface area (Å²) in [7, 11) is 0. The fourth-order valence-corrected chi connectivity index (χ4v) is 7.27. The maximum Gasteiger partial charge on any atom is 0.286 e. The van der Waals surface area contributed by atoms with Crippen LogP contribution in [0.15, 0.2) is 30.0 Å². The molecular weight excluding hydrogens is 450 g/mol. The summed E-state index contributed by atoms with van der Waals surface area (Å²) >= 11 is 0. The monoisotopic (exact) mass is 485 g/mol. The highest BCUT2D eigenvalue weighted by Crippen LogP contribution is 2.55. The average Bonchev–Trinajstić information content (AvgIpc) is 3.30. The highest BCUT2D eigenvalue weighted by molar-refractivity contribution is 5.92. The van der Waals surface area contributed by atoms with Gasteiger partial charge in [0.15, 0.2) is 17.3 Å². The Bertz CT molecular complexity index is 941. The first-order valence-electron chi connectivity index (χ1n) is 13.0. The van der Waals surface area contributed by atoms with Crippen LogP contribution in [-0.4, -0.2) is 56.1 Å². The molecule has 8 heteroatoms. The predicted molar refractivity (Wildman–Crippen MR) is 126 cm³/mol. The van der Waals surface area contributed by atoms with Crippen LogP contribution in [-0.2, 0) is 19.0 Å². The molecule has 35 heavy (non-hydrogen) atoms. The molecule has 8 nitrogen and oxygen atoms in total. The smallest absolute Gasteiger partial charge is 0.286 e. The molecule has 0 unspecified atom stereocenters. The number of fused-ring (bicyclic) bond motifs is 1. The van der Waals surface area contributed by atoms with E-state index in [4.69, 9.17) is 28.8 Å². The normalized spacial score (nSPS) is 34.4. The molecule has 1 aromatic rings. The van der Waals surface area contributed by atoms with Gasteiger partial charge in [-0.05, 0) is 80.1 Å². The lowest BCUT2D eigenvalue weighted by molar-refractivity contribution is -0.153. The predicted octanol–water partition coefficient (Wildman–Crippen LogP) is 3.24. The molecule has 1 amide bonds. The second-order valence-corrected chi connectivity index (χ2v) is 10.9. The van der Waals surface area contributed by atoms with E-state index in [1.54, 1.807) is 0 Å². The Morgan fingerprint density at radius 3 is 2.49 bits per heavy atom. The van der Waals surface area contributed by atoms with Crippen LogP contribution in [0.3, 0.4) is 0 Å². The second kappa shape index (κ2) is 9.64. The van der Waals surface area contributed by atoms with E-state index in [0.717, 1.165) is 54.1 Å². The van der Waals surface area contributed by atoms with Crippen LogP contribution < -0.4 is 14.8 Å². The number of aliphatic hydroxyl groups excluding tert-OH is 1. The van der Waals surface area contributed by atoms with Crippen LogP contribution in [0.25, 0.3) is 0 Å². The molecule has 0 spiro atoms. The molecule has 4 bridgehead atoms. The summed E-state index contributed by atoms with van der Waals surface area (Å²) in [5, 5.41) is 12.3. The minimum Gasteiger partial charge on any atom is -0.459 e. The first kappa shape index (κ1) is 23.1. The van der Waals surface area contributed by atoms with Gasteiger partial charge in [0, 0.05) is 17.9 Å². The van der Waals surface area contributed by atoms with Gasteiger partial charge in [0.2, 0.25) is 13.1 Å². The van der Waals surface area contributed by atoms with Gasteiger partial charge >= 0.3 is 0 Å². The van der Waals surface area contributed by atoms with Crippen LogP contribution >= 0.6 is 0 Å². The summed E-state index contributed by atoms with van der Waals surface area (Å²) in [5.41, 5.74) is 0.943. The van der Waals surface area contributed by atoms with Crippen molar-refractivity contribution >= 4 is 5.91 Å². The van der Waals surface area contributed by atoms with Crippen LogP contribution in [0, 0.1) is 17.8 Å². The number of aliphatic hydroxyl groups is 1. The van der Waals surface area contributed by atoms with Crippen LogP contribution in [0.2, 0.25) is 0 Å². The topological polar surface area (TPSA) is 95.5 Å². The maximum absolute atomic E-state index is 13.6. The SMILES string of the molecule is O=C(NC12CC3CC(CC(C3)C1)C2)C1=C[C@H](c2ccc3c(c2)OCO3)C[C@H](OCCOCCO)O1. The Morgan fingerprint density at radius 2 is 1.74 bits per heavy atom. The second-order valence-electron chi connectivity index (χ2n) is 10.9. The standard InChI is InChI=1S/C27H35NO7/c29-3-4-31-5-6-32-25-12-21(20-1-2-22-23(10-20)34-16-33-22)11-24(35-25)26(30)28-27-13-17-7-18(14-27)9-19(8-17)15-27/h1-2,10-11,17-19,21,25,29H,3-9,12-16H2,(H,28,30)/t17?,18?,19?,21-,25+,27?/m0/s1. The maximum atomic E-state index is 13.6. The summed E-state index contributed by atoms with van der Waals surface area (Å²) in [4.78, 5) is 13.6. The number of ether oxygens (including phenoxy) is 5. The Morgan fingerprint density at radius 1 is 1.00 bits per heavy atom. The molecule has 4 fully saturated rings. The van der Waals surface area contributed by atoms with E-state index < -0.39 is 6.29 Å². The van der Waals surface area contributed by atoms with Gasteiger partial charge < -0.3 is 34.1 Å². The molecule has 2 N–H and O–H groups in total. The van der Waals surface area contributed by atoms with Gasteiger partial charge in [-0.15, -0.1) is 0 Å². The Kier molecular flexibility index (Phi) is 6.37. The van der Waals surface area contributed by atoms with Crippen LogP contribution in [0.4, 0.5) is 0 Å². The number of benzene rings is 1. The molecule has 0 saturated heterocycles. The van der Waals surface area contributed by atoms with Crippen molar-refractivity contribution in [2.45, 2.75) is 62.7 Å². The zero-order valence-corrected chi connectivity index (χ0v) is 20.1. The fraction of sp³-hybridized carbons (Fsp3) is 0.667. The van der Waals surface area contributed by atoms with Gasteiger partial charge in [0.1, 0.15) is 0 Å². The Hall–Kier alpha value is -2.29. The molecule has 6 aliphatic rings. The zero-order chi connectivity index (χ0) is 23.8. The third-order valence-electron chi connectivity index (χ3n) is 8.29. The number of allylic oxidation sites excluding steroid dienone is 1. The molecule has 4 aliphatic carbocycles. The van der Waals surface area contributed by atoms with Crippen molar-refractivity contribution in [2.24, 2.45) is 17.8 Å². The number of hydrogen-bond donors (Lipinski definition) is 2. The summed E-state index contributed by atoms with van der Waals surface area (Å²) in [6.07, 6.45) is 9.19. The van der Waals surface area contributed by atoms with Gasteiger partial charge in [0.25, 0.3) is 5.91 Å². The molecule has 2 heterocycles. The lowest BCUT2D eigenvalue weighted by atomic mass is 9.53. The van der Waals surface area contributed by atoms with Crippen molar-refractivity contribution in [1.29, 1.82) is 0 Å². The van der Waals surface area contributed by atoms with Crippen LogP contribution in [0.1, 0.15) is 56.4 Å². The van der Waals surface area contributed by atoms with E-state index >= 15 is 0 Å². The minimum absolute atomic E-state index is 0.0243. The summed E-state index contributed by atoms with van der Waals surface area (Å²) < 4.78 is 28.4. The van der Waals surface area contributed by atoms with E-state index in [0.29, 0.717) is 25.4 Å². The average molecular weight is 486 g/mol. The van der Waals surface area contributed by atoms with E-state index in [1.165, 1.54) is 19.3 Å². The molecule has 0 aromatic heterocycles. The molecule has 2 aliphatic heterocycles. The molecule has 0 radical (unpaired) electrons. The Labute approximate surface area is 205 Å². The summed E-state index contributed by atoms with van der Waals surface area (Å²) in [5.74, 6) is 3.84. The lowest BCUT2D eigenvalue weighted by Gasteiger charge is -2.56. The number of carbonyl (C=O) groups excluding carboxylic acids is 1. The molecule has 190 valence electrons. The first-order chi connectivity index (χ1) is 17.1. The van der Waals surface area contributed by atoms with Crippen LogP contribution in [0.5, 0.6) is 11.5 Å². The van der Waals surface area contributed by atoms with Crippen molar-refractivity contribution in [3.05, 3.63) is 35.6 Å². The van der Waals surface area contributed by atoms with Crippen molar-refractivity contribution < 1.29 is 33.6 Å². The van der Waals surface area contributed by atoms with E-state index in [2.05, 4.69) is 5.32 Å². The van der Waals surface area contributed by atoms with E-state index in [1.807, 2.05) is 24.3 Å². The molecule has 4 saturated carbocycles. The molecule has 1 aromatic carbocycles. The minimum atomic E-state index is -0.565. The van der Waals surface area contributed by atoms with Crippen molar-refractivity contribution in [1.82, 2.24) is 5.32 Å². The van der Waals surface area contributed by atoms with E-state index in [-0.39, 0.29) is 37.4 Å². The largest absolute Gasteiger partial charge is 0.459 e. The lowest BCUT2D eigenvalue weighted by Crippen LogP contribution is -2.60. The number of nitrogens with one attached hydrogen (secondary N) is 1. The third-order valence-corrected chi connectivity index (χ3v) is 8.29. The van der Waals surface area contributed by atoms with E-state index in [9.17, 15) is 4.79 Å². The quantitative estimate of drug-likeness (QED) is 0.519.